The molecule has 1 fully saturated rings. The van der Waals surface area contributed by atoms with Gasteiger partial charge >= 0.3 is 0 Å². The van der Waals surface area contributed by atoms with Crippen LogP contribution in [-0.2, 0) is 16.8 Å². The molecule has 2 rings (SSSR count). The molecule has 1 heterocycles. The van der Waals surface area contributed by atoms with Crippen LogP contribution >= 0.6 is 0 Å². The maximum Gasteiger partial charge on any atom is 0.129 e. The molecule has 0 atom stereocenters. The van der Waals surface area contributed by atoms with Crippen molar-refractivity contribution in [3.63, 3.8) is 0 Å². The molecule has 1 aliphatic carbocycles. The van der Waals surface area contributed by atoms with Crippen LogP contribution in [0.2, 0.25) is 0 Å². The van der Waals surface area contributed by atoms with Gasteiger partial charge in [0.15, 0.2) is 0 Å². The molecule has 1 saturated carbocycles. The van der Waals surface area contributed by atoms with E-state index in [9.17, 15) is 0 Å². The van der Waals surface area contributed by atoms with Gasteiger partial charge < -0.3 is 9.15 Å². The summed E-state index contributed by atoms with van der Waals surface area (Å²) in [5.74, 6) is 2.08. The van der Waals surface area contributed by atoms with Gasteiger partial charge in [-0.05, 0) is 25.0 Å². The number of hydrogen-bond donors (Lipinski definition) is 0. The Balaban J connectivity index is 2.15. The zero-order valence-electron chi connectivity index (χ0n) is 9.01. The fourth-order valence-electron chi connectivity index (χ4n) is 2.32. The summed E-state index contributed by atoms with van der Waals surface area (Å²) in [5.41, 5.74) is 0.284. The van der Waals surface area contributed by atoms with Gasteiger partial charge in [0.2, 0.25) is 0 Å². The predicted molar refractivity (Wildman–Crippen MR) is 55.2 cm³/mol. The highest BCUT2D eigenvalue weighted by Crippen LogP contribution is 2.41. The molecule has 0 aromatic carbocycles. The number of methoxy groups -OCH3 is 1. The molecule has 1 aromatic rings. The average Bonchev–Trinajstić information content (AvgIpc) is 2.75. The molecule has 2 heteroatoms. The van der Waals surface area contributed by atoms with Crippen molar-refractivity contribution in [2.24, 2.45) is 0 Å². The Hall–Kier alpha value is -0.760. The monoisotopic (exact) mass is 194 g/mol. The summed E-state index contributed by atoms with van der Waals surface area (Å²) in [7, 11) is 1.69. The van der Waals surface area contributed by atoms with Gasteiger partial charge in [-0.2, -0.15) is 0 Å². The Morgan fingerprint density at radius 1 is 1.36 bits per heavy atom. The minimum absolute atomic E-state index is 0.284. The van der Waals surface area contributed by atoms with E-state index in [-0.39, 0.29) is 5.41 Å². The van der Waals surface area contributed by atoms with Gasteiger partial charge in [-0.15, -0.1) is 0 Å². The Bertz CT molecular complexity index is 295. The maximum atomic E-state index is 5.79. The highest BCUT2D eigenvalue weighted by atomic mass is 16.5. The lowest BCUT2D eigenvalue weighted by Gasteiger charge is -2.20. The second kappa shape index (κ2) is 3.77. The molecule has 0 amide bonds. The molecule has 0 radical (unpaired) electrons. The minimum atomic E-state index is 0.284. The van der Waals surface area contributed by atoms with Crippen LogP contribution in [0.3, 0.4) is 0 Å². The summed E-state index contributed by atoms with van der Waals surface area (Å²) >= 11 is 0. The van der Waals surface area contributed by atoms with E-state index in [1.807, 2.05) is 6.07 Å². The van der Waals surface area contributed by atoms with Crippen molar-refractivity contribution < 1.29 is 9.15 Å². The summed E-state index contributed by atoms with van der Waals surface area (Å²) in [6, 6.07) is 4.14. The summed E-state index contributed by atoms with van der Waals surface area (Å²) in [6.45, 7) is 2.88. The molecule has 0 spiro atoms. The lowest BCUT2D eigenvalue weighted by Crippen LogP contribution is -2.15. The third-order valence-electron chi connectivity index (χ3n) is 3.25. The Morgan fingerprint density at radius 2 is 2.07 bits per heavy atom. The number of rotatable bonds is 3. The fraction of sp³-hybridized carbons (Fsp3) is 0.667. The van der Waals surface area contributed by atoms with Crippen LogP contribution in [-0.4, -0.2) is 7.11 Å². The number of furan rings is 1. The van der Waals surface area contributed by atoms with Gasteiger partial charge in [0.1, 0.15) is 18.1 Å². The van der Waals surface area contributed by atoms with E-state index in [4.69, 9.17) is 9.15 Å². The molecule has 14 heavy (non-hydrogen) atoms. The van der Waals surface area contributed by atoms with Gasteiger partial charge in [0.05, 0.1) is 0 Å². The first-order valence-corrected chi connectivity index (χ1v) is 5.33. The van der Waals surface area contributed by atoms with E-state index in [0.29, 0.717) is 6.61 Å². The van der Waals surface area contributed by atoms with Crippen molar-refractivity contribution in [1.82, 2.24) is 0 Å². The molecular weight excluding hydrogens is 176 g/mol. The standard InChI is InChI=1S/C12H18O2/c1-12(7-3-4-8-12)11-6-5-10(14-11)9-13-2/h5-6H,3-4,7-9H2,1-2H3. The van der Waals surface area contributed by atoms with Crippen molar-refractivity contribution in [2.75, 3.05) is 7.11 Å². The van der Waals surface area contributed by atoms with Gasteiger partial charge in [-0.3, -0.25) is 0 Å². The Morgan fingerprint density at radius 3 is 2.71 bits per heavy atom. The molecule has 2 nitrogen and oxygen atoms in total. The van der Waals surface area contributed by atoms with Crippen LogP contribution in [0.25, 0.3) is 0 Å². The summed E-state index contributed by atoms with van der Waals surface area (Å²) in [6.07, 6.45) is 5.17. The maximum absolute atomic E-state index is 5.79. The molecule has 0 saturated heterocycles. The summed E-state index contributed by atoms with van der Waals surface area (Å²) in [5, 5.41) is 0. The van der Waals surface area contributed by atoms with Crippen molar-refractivity contribution in [2.45, 2.75) is 44.6 Å². The molecule has 0 unspecified atom stereocenters. The van der Waals surface area contributed by atoms with Gasteiger partial charge in [-0.25, -0.2) is 0 Å². The van der Waals surface area contributed by atoms with Crippen molar-refractivity contribution >= 4 is 0 Å². The normalized spacial score (nSPS) is 20.1. The van der Waals surface area contributed by atoms with Crippen LogP contribution in [0.15, 0.2) is 16.5 Å². The molecule has 0 aliphatic heterocycles. The van der Waals surface area contributed by atoms with Crippen LogP contribution < -0.4 is 0 Å². The lowest BCUT2D eigenvalue weighted by atomic mass is 9.86. The molecular formula is C12H18O2. The van der Waals surface area contributed by atoms with Gasteiger partial charge in [-0.1, -0.05) is 19.8 Å². The first-order valence-electron chi connectivity index (χ1n) is 5.33. The van der Waals surface area contributed by atoms with Crippen LogP contribution in [0.5, 0.6) is 0 Å². The van der Waals surface area contributed by atoms with Crippen LogP contribution in [0.4, 0.5) is 0 Å². The number of hydrogen-bond acceptors (Lipinski definition) is 2. The van der Waals surface area contributed by atoms with Crippen molar-refractivity contribution in [3.8, 4) is 0 Å². The van der Waals surface area contributed by atoms with E-state index in [2.05, 4.69) is 13.0 Å². The zero-order valence-corrected chi connectivity index (χ0v) is 9.01. The first-order chi connectivity index (χ1) is 6.74. The fourth-order valence-corrected chi connectivity index (χ4v) is 2.32. The molecule has 0 N–H and O–H groups in total. The first kappa shape index (κ1) is 9.78. The van der Waals surface area contributed by atoms with Crippen molar-refractivity contribution in [1.29, 1.82) is 0 Å². The summed E-state index contributed by atoms with van der Waals surface area (Å²) < 4.78 is 10.8. The minimum Gasteiger partial charge on any atom is -0.463 e. The topological polar surface area (TPSA) is 22.4 Å². The Labute approximate surface area is 85.3 Å². The van der Waals surface area contributed by atoms with E-state index in [1.54, 1.807) is 7.11 Å². The highest BCUT2D eigenvalue weighted by Gasteiger charge is 2.33. The SMILES string of the molecule is COCc1ccc(C2(C)CCCC2)o1. The zero-order chi connectivity index (χ0) is 10.0. The van der Waals surface area contributed by atoms with Crippen LogP contribution in [0, 0.1) is 0 Å². The lowest BCUT2D eigenvalue weighted by molar-refractivity contribution is 0.160. The highest BCUT2D eigenvalue weighted by molar-refractivity contribution is 5.17. The largest absolute Gasteiger partial charge is 0.463 e. The number of ether oxygens (including phenoxy) is 1. The van der Waals surface area contributed by atoms with Crippen molar-refractivity contribution in [3.05, 3.63) is 23.7 Å². The van der Waals surface area contributed by atoms with E-state index in [0.717, 1.165) is 11.5 Å². The molecule has 78 valence electrons. The van der Waals surface area contributed by atoms with Gasteiger partial charge in [0.25, 0.3) is 0 Å². The second-order valence-corrected chi connectivity index (χ2v) is 4.47. The van der Waals surface area contributed by atoms with Crippen LogP contribution in [0.1, 0.15) is 44.1 Å². The average molecular weight is 194 g/mol. The summed E-state index contributed by atoms with van der Waals surface area (Å²) in [4.78, 5) is 0. The smallest absolute Gasteiger partial charge is 0.129 e. The van der Waals surface area contributed by atoms with E-state index >= 15 is 0 Å². The third kappa shape index (κ3) is 1.71. The second-order valence-electron chi connectivity index (χ2n) is 4.47. The predicted octanol–water partition coefficient (Wildman–Crippen LogP) is 3.26. The molecule has 1 aliphatic rings. The molecule has 1 aromatic heterocycles. The Kier molecular flexibility index (Phi) is 2.64. The van der Waals surface area contributed by atoms with E-state index < -0.39 is 0 Å². The van der Waals surface area contributed by atoms with Gasteiger partial charge in [0, 0.05) is 12.5 Å². The third-order valence-corrected chi connectivity index (χ3v) is 3.25. The quantitative estimate of drug-likeness (QED) is 0.737. The van der Waals surface area contributed by atoms with E-state index in [1.165, 1.54) is 25.7 Å². The molecule has 0 bridgehead atoms.